The van der Waals surface area contributed by atoms with Gasteiger partial charge in [0.2, 0.25) is 0 Å². The highest BCUT2D eigenvalue weighted by Crippen LogP contribution is 2.27. The van der Waals surface area contributed by atoms with Crippen LogP contribution < -0.4 is 5.32 Å². The first-order valence-corrected chi connectivity index (χ1v) is 7.07. The number of aromatic nitrogens is 2. The van der Waals surface area contributed by atoms with E-state index in [0.717, 1.165) is 38.2 Å². The molecule has 1 unspecified atom stereocenters. The number of ether oxygens (including phenoxy) is 1. The molecule has 4 nitrogen and oxygen atoms in total. The summed E-state index contributed by atoms with van der Waals surface area (Å²) >= 11 is 6.02. The van der Waals surface area contributed by atoms with E-state index in [1.54, 1.807) is 6.07 Å². The van der Waals surface area contributed by atoms with Gasteiger partial charge in [0.15, 0.2) is 5.82 Å². The van der Waals surface area contributed by atoms with Crippen LogP contribution in [0.3, 0.4) is 0 Å². The van der Waals surface area contributed by atoms with Crippen molar-refractivity contribution in [1.82, 2.24) is 9.97 Å². The molecule has 18 heavy (non-hydrogen) atoms. The van der Waals surface area contributed by atoms with Crippen LogP contribution in [0.2, 0.25) is 5.15 Å². The zero-order valence-electron chi connectivity index (χ0n) is 10.8. The second kappa shape index (κ2) is 6.90. The summed E-state index contributed by atoms with van der Waals surface area (Å²) in [5.74, 6) is 1.51. The summed E-state index contributed by atoms with van der Waals surface area (Å²) in [4.78, 5) is 8.73. The summed E-state index contributed by atoms with van der Waals surface area (Å²) in [5, 5.41) is 3.77. The molecule has 0 bridgehead atoms. The lowest BCUT2D eigenvalue weighted by Crippen LogP contribution is -2.08. The van der Waals surface area contributed by atoms with Crippen LogP contribution in [0.1, 0.15) is 51.0 Å². The molecule has 1 saturated heterocycles. The number of anilines is 1. The average Bonchev–Trinajstić information content (AvgIpc) is 2.88. The summed E-state index contributed by atoms with van der Waals surface area (Å²) in [6, 6.07) is 1.77. The molecule has 0 aliphatic carbocycles. The van der Waals surface area contributed by atoms with Crippen LogP contribution in [0.5, 0.6) is 0 Å². The Labute approximate surface area is 113 Å². The monoisotopic (exact) mass is 269 g/mol. The summed E-state index contributed by atoms with van der Waals surface area (Å²) in [6.07, 6.45) is 5.65. The summed E-state index contributed by atoms with van der Waals surface area (Å²) in [7, 11) is 0. The Morgan fingerprint density at radius 3 is 3.06 bits per heavy atom. The van der Waals surface area contributed by atoms with Crippen LogP contribution in [-0.2, 0) is 4.74 Å². The number of hydrogen-bond acceptors (Lipinski definition) is 4. The van der Waals surface area contributed by atoms with E-state index in [-0.39, 0.29) is 6.10 Å². The van der Waals surface area contributed by atoms with Crippen molar-refractivity contribution in [2.45, 2.75) is 45.1 Å². The Kier molecular flexibility index (Phi) is 5.20. The molecule has 0 aromatic carbocycles. The van der Waals surface area contributed by atoms with Crippen molar-refractivity contribution in [3.8, 4) is 0 Å². The number of nitrogens with zero attached hydrogens (tertiary/aromatic N) is 2. The molecule has 2 heterocycles. The van der Waals surface area contributed by atoms with Gasteiger partial charge in [-0.05, 0) is 19.3 Å². The van der Waals surface area contributed by atoms with Gasteiger partial charge in [-0.1, -0.05) is 31.4 Å². The molecule has 1 aromatic rings. The van der Waals surface area contributed by atoms with Gasteiger partial charge in [-0.2, -0.15) is 0 Å². The highest BCUT2D eigenvalue weighted by atomic mass is 35.5. The fourth-order valence-corrected chi connectivity index (χ4v) is 2.23. The minimum absolute atomic E-state index is 0.0138. The van der Waals surface area contributed by atoms with Crippen LogP contribution in [0, 0.1) is 0 Å². The zero-order valence-corrected chi connectivity index (χ0v) is 11.5. The third-order valence-corrected chi connectivity index (χ3v) is 3.21. The van der Waals surface area contributed by atoms with E-state index in [1.807, 2.05) is 0 Å². The molecule has 1 aliphatic rings. The SMILES string of the molecule is CCCCCNc1cc(Cl)nc(C2CCCO2)n1. The van der Waals surface area contributed by atoms with Gasteiger partial charge in [-0.3, -0.25) is 0 Å². The van der Waals surface area contributed by atoms with E-state index in [9.17, 15) is 0 Å². The number of nitrogens with one attached hydrogen (secondary N) is 1. The van der Waals surface area contributed by atoms with E-state index in [0.29, 0.717) is 11.0 Å². The van der Waals surface area contributed by atoms with E-state index in [1.165, 1.54) is 12.8 Å². The molecule has 1 aromatic heterocycles. The van der Waals surface area contributed by atoms with Crippen molar-refractivity contribution < 1.29 is 4.74 Å². The van der Waals surface area contributed by atoms with E-state index < -0.39 is 0 Å². The molecular formula is C13H20ClN3O. The first-order chi connectivity index (χ1) is 8.79. The predicted molar refractivity (Wildman–Crippen MR) is 73.0 cm³/mol. The van der Waals surface area contributed by atoms with Crippen molar-refractivity contribution >= 4 is 17.4 Å². The Morgan fingerprint density at radius 2 is 2.33 bits per heavy atom. The fraction of sp³-hybridized carbons (Fsp3) is 0.692. The minimum Gasteiger partial charge on any atom is -0.370 e. The summed E-state index contributed by atoms with van der Waals surface area (Å²) < 4.78 is 5.58. The molecular weight excluding hydrogens is 250 g/mol. The third-order valence-electron chi connectivity index (χ3n) is 3.02. The molecule has 0 radical (unpaired) electrons. The van der Waals surface area contributed by atoms with Crippen molar-refractivity contribution in [2.75, 3.05) is 18.5 Å². The van der Waals surface area contributed by atoms with Crippen molar-refractivity contribution in [3.05, 3.63) is 17.0 Å². The van der Waals surface area contributed by atoms with E-state index in [4.69, 9.17) is 16.3 Å². The maximum absolute atomic E-state index is 6.02. The highest BCUT2D eigenvalue weighted by molar-refractivity contribution is 6.29. The first kappa shape index (κ1) is 13.6. The van der Waals surface area contributed by atoms with Gasteiger partial charge in [0.05, 0.1) is 0 Å². The van der Waals surface area contributed by atoms with E-state index >= 15 is 0 Å². The molecule has 5 heteroatoms. The van der Waals surface area contributed by atoms with Crippen LogP contribution in [0.4, 0.5) is 5.82 Å². The number of hydrogen-bond donors (Lipinski definition) is 1. The van der Waals surface area contributed by atoms with Gasteiger partial charge in [-0.15, -0.1) is 0 Å². The molecule has 1 atom stereocenters. The number of unbranched alkanes of at least 4 members (excludes halogenated alkanes) is 2. The Bertz CT molecular complexity index is 380. The maximum Gasteiger partial charge on any atom is 0.161 e. The van der Waals surface area contributed by atoms with Crippen LogP contribution in [0.15, 0.2) is 6.07 Å². The van der Waals surface area contributed by atoms with Crippen molar-refractivity contribution in [1.29, 1.82) is 0 Å². The molecule has 1 N–H and O–H groups in total. The van der Waals surface area contributed by atoms with Crippen LogP contribution >= 0.6 is 11.6 Å². The minimum atomic E-state index is 0.0138. The normalized spacial score (nSPS) is 19.1. The molecule has 1 fully saturated rings. The second-order valence-electron chi connectivity index (χ2n) is 4.57. The Balaban J connectivity index is 1.97. The average molecular weight is 270 g/mol. The molecule has 0 amide bonds. The Morgan fingerprint density at radius 1 is 1.44 bits per heavy atom. The zero-order chi connectivity index (χ0) is 12.8. The molecule has 100 valence electrons. The van der Waals surface area contributed by atoms with Crippen LogP contribution in [-0.4, -0.2) is 23.1 Å². The topological polar surface area (TPSA) is 47.0 Å². The molecule has 0 saturated carbocycles. The van der Waals surface area contributed by atoms with Gasteiger partial charge in [0, 0.05) is 19.2 Å². The quantitative estimate of drug-likeness (QED) is 0.633. The molecule has 2 rings (SSSR count). The number of halogens is 1. The summed E-state index contributed by atoms with van der Waals surface area (Å²) in [6.45, 7) is 3.91. The van der Waals surface area contributed by atoms with Gasteiger partial charge >= 0.3 is 0 Å². The van der Waals surface area contributed by atoms with Crippen molar-refractivity contribution in [2.24, 2.45) is 0 Å². The molecule has 1 aliphatic heterocycles. The summed E-state index contributed by atoms with van der Waals surface area (Å²) in [5.41, 5.74) is 0. The standard InChI is InChI=1S/C13H20ClN3O/c1-2-3-4-7-15-12-9-11(14)16-13(17-12)10-6-5-8-18-10/h9-10H,2-8H2,1H3,(H,15,16,17). The lowest BCUT2D eigenvalue weighted by molar-refractivity contribution is 0.105. The largest absolute Gasteiger partial charge is 0.370 e. The highest BCUT2D eigenvalue weighted by Gasteiger charge is 2.21. The Hall–Kier alpha value is -0.870. The number of rotatable bonds is 6. The van der Waals surface area contributed by atoms with Gasteiger partial charge in [0.25, 0.3) is 0 Å². The lowest BCUT2D eigenvalue weighted by atomic mass is 10.2. The van der Waals surface area contributed by atoms with Crippen LogP contribution in [0.25, 0.3) is 0 Å². The van der Waals surface area contributed by atoms with Gasteiger partial charge in [-0.25, -0.2) is 9.97 Å². The third kappa shape index (κ3) is 3.82. The lowest BCUT2D eigenvalue weighted by Gasteiger charge is -2.11. The predicted octanol–water partition coefficient (Wildman–Crippen LogP) is 3.58. The smallest absolute Gasteiger partial charge is 0.161 e. The fourth-order valence-electron chi connectivity index (χ4n) is 2.04. The molecule has 0 spiro atoms. The van der Waals surface area contributed by atoms with Crippen molar-refractivity contribution in [3.63, 3.8) is 0 Å². The second-order valence-corrected chi connectivity index (χ2v) is 4.96. The first-order valence-electron chi connectivity index (χ1n) is 6.69. The van der Waals surface area contributed by atoms with Gasteiger partial charge < -0.3 is 10.1 Å². The van der Waals surface area contributed by atoms with E-state index in [2.05, 4.69) is 22.2 Å². The maximum atomic E-state index is 6.02. The van der Waals surface area contributed by atoms with Gasteiger partial charge in [0.1, 0.15) is 17.1 Å².